The van der Waals surface area contributed by atoms with Crippen LogP contribution in [0.4, 0.5) is 0 Å². The Morgan fingerprint density at radius 2 is 2.11 bits per heavy atom. The average Bonchev–Trinajstić information content (AvgIpc) is 2.36. The fourth-order valence-corrected chi connectivity index (χ4v) is 2.49. The maximum Gasteiger partial charge on any atom is 0.306 e. The van der Waals surface area contributed by atoms with E-state index in [2.05, 4.69) is 0 Å². The first-order valence-electron chi connectivity index (χ1n) is 5.80. The van der Waals surface area contributed by atoms with E-state index in [9.17, 15) is 4.79 Å². The van der Waals surface area contributed by atoms with Crippen molar-refractivity contribution in [2.24, 2.45) is 11.7 Å². The molecule has 1 aromatic carbocycles. The molecule has 18 heavy (non-hydrogen) atoms. The normalized spacial score (nSPS) is 22.2. The molecule has 0 bridgehead atoms. The van der Waals surface area contributed by atoms with Gasteiger partial charge in [-0.3, -0.25) is 4.79 Å². The highest BCUT2D eigenvalue weighted by Crippen LogP contribution is 2.40. The SMILES string of the molecule is COc1cc2c(c(OC)c1)C(N)CC(C(=O)O)C2. The van der Waals surface area contributed by atoms with Gasteiger partial charge in [-0.05, 0) is 24.5 Å². The topological polar surface area (TPSA) is 81.8 Å². The lowest BCUT2D eigenvalue weighted by Crippen LogP contribution is -2.29. The van der Waals surface area contributed by atoms with Crippen LogP contribution >= 0.6 is 0 Å². The molecule has 1 aliphatic carbocycles. The Bertz CT molecular complexity index is 472. The minimum Gasteiger partial charge on any atom is -0.497 e. The lowest BCUT2D eigenvalue weighted by molar-refractivity contribution is -0.142. The summed E-state index contributed by atoms with van der Waals surface area (Å²) < 4.78 is 10.5. The second kappa shape index (κ2) is 4.86. The molecule has 2 unspecified atom stereocenters. The van der Waals surface area contributed by atoms with Crippen LogP contribution < -0.4 is 15.2 Å². The van der Waals surface area contributed by atoms with Gasteiger partial charge in [-0.1, -0.05) is 0 Å². The van der Waals surface area contributed by atoms with Gasteiger partial charge < -0.3 is 20.3 Å². The summed E-state index contributed by atoms with van der Waals surface area (Å²) in [6.45, 7) is 0. The summed E-state index contributed by atoms with van der Waals surface area (Å²) in [7, 11) is 3.14. The van der Waals surface area contributed by atoms with Gasteiger partial charge in [0.05, 0.1) is 20.1 Å². The molecule has 3 N–H and O–H groups in total. The second-order valence-corrected chi connectivity index (χ2v) is 4.48. The van der Waals surface area contributed by atoms with E-state index >= 15 is 0 Å². The Balaban J connectivity index is 2.48. The Labute approximate surface area is 106 Å². The molecule has 1 aromatic rings. The van der Waals surface area contributed by atoms with Crippen molar-refractivity contribution in [2.75, 3.05) is 14.2 Å². The zero-order valence-electron chi connectivity index (χ0n) is 10.5. The van der Waals surface area contributed by atoms with E-state index in [0.717, 1.165) is 11.1 Å². The summed E-state index contributed by atoms with van der Waals surface area (Å²) in [6.07, 6.45) is 0.900. The monoisotopic (exact) mass is 251 g/mol. The molecule has 5 nitrogen and oxygen atoms in total. The average molecular weight is 251 g/mol. The van der Waals surface area contributed by atoms with E-state index in [1.54, 1.807) is 20.3 Å². The molecule has 0 radical (unpaired) electrons. The zero-order valence-corrected chi connectivity index (χ0v) is 10.5. The number of methoxy groups -OCH3 is 2. The minimum atomic E-state index is -0.808. The second-order valence-electron chi connectivity index (χ2n) is 4.48. The van der Waals surface area contributed by atoms with Gasteiger partial charge in [-0.15, -0.1) is 0 Å². The van der Waals surface area contributed by atoms with Crippen molar-refractivity contribution in [1.29, 1.82) is 0 Å². The van der Waals surface area contributed by atoms with Crippen LogP contribution in [0.3, 0.4) is 0 Å². The van der Waals surface area contributed by atoms with Crippen molar-refractivity contribution >= 4 is 5.97 Å². The number of ether oxygens (including phenoxy) is 2. The van der Waals surface area contributed by atoms with Crippen molar-refractivity contribution in [1.82, 2.24) is 0 Å². The van der Waals surface area contributed by atoms with Crippen LogP contribution in [-0.2, 0) is 11.2 Å². The zero-order chi connectivity index (χ0) is 13.3. The van der Waals surface area contributed by atoms with Crippen molar-refractivity contribution < 1.29 is 19.4 Å². The van der Waals surface area contributed by atoms with E-state index < -0.39 is 11.9 Å². The molecule has 0 fully saturated rings. The summed E-state index contributed by atoms with van der Waals surface area (Å²) in [5.74, 6) is 0.0757. The summed E-state index contributed by atoms with van der Waals surface area (Å²) in [6, 6.07) is 3.31. The predicted octanol–water partition coefficient (Wildman–Crippen LogP) is 1.35. The number of carboxylic acids is 1. The van der Waals surface area contributed by atoms with Crippen molar-refractivity contribution in [3.05, 3.63) is 23.3 Å². The number of aliphatic carboxylic acids is 1. The highest BCUT2D eigenvalue weighted by Gasteiger charge is 2.31. The highest BCUT2D eigenvalue weighted by atomic mass is 16.5. The molecule has 0 aromatic heterocycles. The fraction of sp³-hybridized carbons (Fsp3) is 0.462. The summed E-state index contributed by atoms with van der Waals surface area (Å²) in [5, 5.41) is 9.12. The van der Waals surface area contributed by atoms with E-state index in [1.165, 1.54) is 0 Å². The first-order chi connectivity index (χ1) is 8.56. The fourth-order valence-electron chi connectivity index (χ4n) is 2.49. The van der Waals surface area contributed by atoms with Crippen molar-refractivity contribution in [3.8, 4) is 11.5 Å². The van der Waals surface area contributed by atoms with E-state index in [-0.39, 0.29) is 6.04 Å². The van der Waals surface area contributed by atoms with Crippen LogP contribution in [0.15, 0.2) is 12.1 Å². The maximum absolute atomic E-state index is 11.1. The lowest BCUT2D eigenvalue weighted by atomic mass is 9.80. The first-order valence-corrected chi connectivity index (χ1v) is 5.80. The van der Waals surface area contributed by atoms with Gasteiger partial charge in [0.2, 0.25) is 0 Å². The van der Waals surface area contributed by atoms with Crippen LogP contribution in [-0.4, -0.2) is 25.3 Å². The molecular weight excluding hydrogens is 234 g/mol. The Morgan fingerprint density at radius 3 is 2.67 bits per heavy atom. The number of carbonyl (C=O) groups is 1. The number of hydrogen-bond donors (Lipinski definition) is 2. The number of nitrogens with two attached hydrogens (primary N) is 1. The number of carboxylic acid groups (broad SMARTS) is 1. The van der Waals surface area contributed by atoms with E-state index in [0.29, 0.717) is 24.3 Å². The van der Waals surface area contributed by atoms with Crippen LogP contribution in [0.2, 0.25) is 0 Å². The van der Waals surface area contributed by atoms with Gasteiger partial charge in [0, 0.05) is 17.7 Å². The Hall–Kier alpha value is -1.75. The molecule has 0 saturated heterocycles. The van der Waals surface area contributed by atoms with Gasteiger partial charge in [0.15, 0.2) is 0 Å². The maximum atomic E-state index is 11.1. The molecule has 0 spiro atoms. The highest BCUT2D eigenvalue weighted by molar-refractivity contribution is 5.71. The van der Waals surface area contributed by atoms with Crippen LogP contribution in [0.5, 0.6) is 11.5 Å². The quantitative estimate of drug-likeness (QED) is 0.847. The summed E-state index contributed by atoms with van der Waals surface area (Å²) in [5.41, 5.74) is 7.86. The van der Waals surface area contributed by atoms with E-state index in [1.807, 2.05) is 6.07 Å². The minimum absolute atomic E-state index is 0.310. The lowest BCUT2D eigenvalue weighted by Gasteiger charge is -2.29. The Morgan fingerprint density at radius 1 is 1.39 bits per heavy atom. The third-order valence-electron chi connectivity index (χ3n) is 3.38. The number of benzene rings is 1. The molecule has 0 saturated carbocycles. The van der Waals surface area contributed by atoms with Gasteiger partial charge >= 0.3 is 5.97 Å². The number of hydrogen-bond acceptors (Lipinski definition) is 4. The van der Waals surface area contributed by atoms with Crippen LogP contribution in [0.1, 0.15) is 23.6 Å². The van der Waals surface area contributed by atoms with Crippen LogP contribution in [0, 0.1) is 5.92 Å². The number of rotatable bonds is 3. The van der Waals surface area contributed by atoms with Crippen molar-refractivity contribution in [2.45, 2.75) is 18.9 Å². The smallest absolute Gasteiger partial charge is 0.306 e. The standard InChI is InChI=1S/C13H17NO4/c1-17-9-4-7-3-8(13(15)16)5-10(14)12(7)11(6-9)18-2/h4,6,8,10H,3,5,14H2,1-2H3,(H,15,16). The molecule has 0 aliphatic heterocycles. The summed E-state index contributed by atoms with van der Waals surface area (Å²) in [4.78, 5) is 11.1. The third-order valence-corrected chi connectivity index (χ3v) is 3.38. The van der Waals surface area contributed by atoms with Gasteiger partial charge in [0.25, 0.3) is 0 Å². The molecular formula is C13H17NO4. The summed E-state index contributed by atoms with van der Waals surface area (Å²) >= 11 is 0. The molecule has 5 heteroatoms. The first kappa shape index (κ1) is 12.7. The van der Waals surface area contributed by atoms with Crippen molar-refractivity contribution in [3.63, 3.8) is 0 Å². The van der Waals surface area contributed by atoms with Gasteiger partial charge in [-0.2, -0.15) is 0 Å². The molecule has 2 atom stereocenters. The molecule has 1 aliphatic rings. The predicted molar refractivity (Wildman–Crippen MR) is 65.9 cm³/mol. The van der Waals surface area contributed by atoms with Gasteiger partial charge in [-0.25, -0.2) is 0 Å². The molecule has 0 heterocycles. The van der Waals surface area contributed by atoms with E-state index in [4.69, 9.17) is 20.3 Å². The van der Waals surface area contributed by atoms with Crippen LogP contribution in [0.25, 0.3) is 0 Å². The molecule has 98 valence electrons. The third kappa shape index (κ3) is 2.13. The van der Waals surface area contributed by atoms with Gasteiger partial charge in [0.1, 0.15) is 11.5 Å². The number of fused-ring (bicyclic) bond motifs is 1. The Kier molecular flexibility index (Phi) is 3.43. The largest absolute Gasteiger partial charge is 0.497 e. The molecule has 0 amide bonds. The molecule has 2 rings (SSSR count).